The number of rotatable bonds is 3. The maximum Gasteiger partial charge on any atom is 0.308 e. The molecule has 28 heavy (non-hydrogen) atoms. The molecule has 0 aliphatic rings. The summed E-state index contributed by atoms with van der Waals surface area (Å²) in [7, 11) is 0. The Morgan fingerprint density at radius 1 is 1.21 bits per heavy atom. The third-order valence-electron chi connectivity index (χ3n) is 4.00. The van der Waals surface area contributed by atoms with Crippen LogP contribution >= 0.6 is 27.3 Å². The highest BCUT2D eigenvalue weighted by Crippen LogP contribution is 2.24. The van der Waals surface area contributed by atoms with Gasteiger partial charge in [-0.2, -0.15) is 9.50 Å². The Bertz CT molecular complexity index is 1310. The normalized spacial score (nSPS) is 11.9. The van der Waals surface area contributed by atoms with E-state index in [2.05, 4.69) is 26.0 Å². The molecule has 0 aliphatic carbocycles. The number of hydrogen-bond donors (Lipinski definition) is 0. The molecule has 0 aliphatic heterocycles. The van der Waals surface area contributed by atoms with E-state index >= 15 is 0 Å². The van der Waals surface area contributed by atoms with Crippen LogP contribution in [0.25, 0.3) is 22.4 Å². The van der Waals surface area contributed by atoms with Gasteiger partial charge in [0.15, 0.2) is 5.82 Å². The first kappa shape index (κ1) is 18.5. The van der Waals surface area contributed by atoms with E-state index in [9.17, 15) is 9.59 Å². The van der Waals surface area contributed by atoms with Crippen molar-refractivity contribution in [3.8, 4) is 17.1 Å². The number of esters is 1. The lowest BCUT2D eigenvalue weighted by Crippen LogP contribution is -2.23. The number of carbonyl (C=O) groups excluding carboxylic acids is 1. The first-order chi connectivity index (χ1) is 13.4. The second kappa shape index (κ2) is 7.29. The number of hydrogen-bond acceptors (Lipinski definition) is 6. The van der Waals surface area contributed by atoms with Gasteiger partial charge in [-0.1, -0.05) is 57.1 Å². The number of thiazole rings is 1. The zero-order valence-electron chi connectivity index (χ0n) is 15.0. The highest BCUT2D eigenvalue weighted by atomic mass is 79.9. The minimum atomic E-state index is -0.426. The fraction of sp³-hybridized carbons (Fsp3) is 0.100. The first-order valence-electron chi connectivity index (χ1n) is 8.37. The van der Waals surface area contributed by atoms with Crippen molar-refractivity contribution in [3.05, 3.63) is 73.0 Å². The van der Waals surface area contributed by atoms with Crippen LogP contribution in [-0.2, 0) is 4.79 Å². The van der Waals surface area contributed by atoms with Crippen molar-refractivity contribution in [3.63, 3.8) is 0 Å². The first-order valence-corrected chi connectivity index (χ1v) is 9.98. The fourth-order valence-corrected chi connectivity index (χ4v) is 3.96. The number of halogens is 1. The van der Waals surface area contributed by atoms with Crippen LogP contribution in [-0.4, -0.2) is 20.6 Å². The van der Waals surface area contributed by atoms with Crippen molar-refractivity contribution in [2.75, 3.05) is 0 Å². The van der Waals surface area contributed by atoms with Crippen molar-refractivity contribution in [2.45, 2.75) is 13.8 Å². The summed E-state index contributed by atoms with van der Waals surface area (Å²) in [6, 6.07) is 13.0. The number of aromatic nitrogens is 3. The van der Waals surface area contributed by atoms with Crippen LogP contribution in [0, 0.1) is 6.92 Å². The Hall–Kier alpha value is -2.84. The van der Waals surface area contributed by atoms with Crippen molar-refractivity contribution < 1.29 is 9.53 Å². The van der Waals surface area contributed by atoms with Crippen molar-refractivity contribution >= 4 is 44.3 Å². The Kier molecular flexibility index (Phi) is 4.82. The second-order valence-corrected chi connectivity index (χ2v) is 8.11. The van der Waals surface area contributed by atoms with Gasteiger partial charge in [-0.05, 0) is 31.2 Å². The van der Waals surface area contributed by atoms with Crippen molar-refractivity contribution in [1.29, 1.82) is 0 Å². The summed E-state index contributed by atoms with van der Waals surface area (Å²) in [5.74, 6) is 0.470. The molecule has 8 heteroatoms. The molecular weight excluding hydrogens is 442 g/mol. The molecule has 0 unspecified atom stereocenters. The van der Waals surface area contributed by atoms with Gasteiger partial charge in [0.25, 0.3) is 5.56 Å². The van der Waals surface area contributed by atoms with Crippen LogP contribution in [0.15, 0.2) is 51.7 Å². The molecule has 0 bridgehead atoms. The van der Waals surface area contributed by atoms with Gasteiger partial charge in [-0.3, -0.25) is 9.59 Å². The topological polar surface area (TPSA) is 73.6 Å². The molecule has 4 rings (SSSR count). The zero-order chi connectivity index (χ0) is 19.8. The molecule has 0 N–H and O–H groups in total. The number of benzene rings is 2. The van der Waals surface area contributed by atoms with Crippen LogP contribution in [0.2, 0.25) is 0 Å². The van der Waals surface area contributed by atoms with E-state index in [0.29, 0.717) is 26.6 Å². The van der Waals surface area contributed by atoms with E-state index in [-0.39, 0.29) is 5.56 Å². The van der Waals surface area contributed by atoms with Gasteiger partial charge < -0.3 is 4.74 Å². The summed E-state index contributed by atoms with van der Waals surface area (Å²) < 4.78 is 7.79. The SMILES string of the molecule is CC(=O)Oc1ccc(Br)cc1/C=c1/sc2nc(-c3ccc(C)cc3)nn2c1=O. The maximum atomic E-state index is 12.8. The number of aryl methyl sites for hydroxylation is 1. The summed E-state index contributed by atoms with van der Waals surface area (Å²) >= 11 is 4.63. The monoisotopic (exact) mass is 455 g/mol. The predicted octanol–water partition coefficient (Wildman–Crippen LogP) is 3.36. The van der Waals surface area contributed by atoms with Gasteiger partial charge in [0.1, 0.15) is 5.75 Å². The molecule has 4 aromatic rings. The third kappa shape index (κ3) is 3.61. The summed E-state index contributed by atoms with van der Waals surface area (Å²) in [6.45, 7) is 3.34. The average Bonchev–Trinajstić information content (AvgIpc) is 3.18. The third-order valence-corrected chi connectivity index (χ3v) is 5.46. The highest BCUT2D eigenvalue weighted by Gasteiger charge is 2.13. The Morgan fingerprint density at radius 2 is 1.96 bits per heavy atom. The van der Waals surface area contributed by atoms with Gasteiger partial charge in [0, 0.05) is 22.5 Å². The Balaban J connectivity index is 1.81. The average molecular weight is 456 g/mol. The molecule has 0 atom stereocenters. The number of fused-ring (bicyclic) bond motifs is 1. The van der Waals surface area contributed by atoms with Gasteiger partial charge in [0.05, 0.1) is 4.53 Å². The predicted molar refractivity (Wildman–Crippen MR) is 112 cm³/mol. The van der Waals surface area contributed by atoms with Crippen LogP contribution in [0.1, 0.15) is 18.1 Å². The van der Waals surface area contributed by atoms with E-state index in [1.165, 1.54) is 22.8 Å². The molecule has 6 nitrogen and oxygen atoms in total. The molecule has 0 spiro atoms. The summed E-state index contributed by atoms with van der Waals surface area (Å²) in [4.78, 5) is 29.1. The molecule has 2 aromatic carbocycles. The minimum absolute atomic E-state index is 0.264. The summed E-state index contributed by atoms with van der Waals surface area (Å²) in [6.07, 6.45) is 1.68. The lowest BCUT2D eigenvalue weighted by Gasteiger charge is -2.05. The molecule has 2 aromatic heterocycles. The summed E-state index contributed by atoms with van der Waals surface area (Å²) in [5, 5.41) is 4.35. The van der Waals surface area contributed by atoms with Crippen LogP contribution in [0.5, 0.6) is 5.75 Å². The van der Waals surface area contributed by atoms with Crippen LogP contribution in [0.3, 0.4) is 0 Å². The Morgan fingerprint density at radius 3 is 2.64 bits per heavy atom. The van der Waals surface area contributed by atoms with Crippen LogP contribution in [0.4, 0.5) is 0 Å². The molecule has 0 amide bonds. The van der Waals surface area contributed by atoms with Gasteiger partial charge in [-0.25, -0.2) is 0 Å². The van der Waals surface area contributed by atoms with E-state index in [1.54, 1.807) is 24.3 Å². The molecule has 0 saturated carbocycles. The minimum Gasteiger partial charge on any atom is -0.426 e. The molecule has 2 heterocycles. The lowest BCUT2D eigenvalue weighted by atomic mass is 10.1. The highest BCUT2D eigenvalue weighted by molar-refractivity contribution is 9.10. The van der Waals surface area contributed by atoms with E-state index in [0.717, 1.165) is 15.6 Å². The van der Waals surface area contributed by atoms with Crippen molar-refractivity contribution in [2.24, 2.45) is 0 Å². The molecule has 0 fully saturated rings. The zero-order valence-corrected chi connectivity index (χ0v) is 17.4. The second-order valence-electron chi connectivity index (χ2n) is 6.19. The summed E-state index contributed by atoms with van der Waals surface area (Å²) in [5.41, 5.74) is 2.35. The molecule has 0 saturated heterocycles. The van der Waals surface area contributed by atoms with E-state index in [1.807, 2.05) is 31.2 Å². The Labute approximate surface area is 172 Å². The maximum absolute atomic E-state index is 12.8. The molecular formula is C20H14BrN3O3S. The van der Waals surface area contributed by atoms with E-state index in [4.69, 9.17) is 4.74 Å². The molecule has 140 valence electrons. The van der Waals surface area contributed by atoms with E-state index < -0.39 is 5.97 Å². The van der Waals surface area contributed by atoms with Gasteiger partial charge in [0.2, 0.25) is 4.96 Å². The van der Waals surface area contributed by atoms with Gasteiger partial charge >= 0.3 is 5.97 Å². The number of ether oxygens (including phenoxy) is 1. The van der Waals surface area contributed by atoms with Crippen molar-refractivity contribution in [1.82, 2.24) is 14.6 Å². The molecule has 0 radical (unpaired) electrons. The largest absolute Gasteiger partial charge is 0.426 e. The standard InChI is InChI=1S/C20H14BrN3O3S/c1-11-3-5-13(6-4-11)18-22-20-24(23-18)19(26)17(28-20)10-14-9-15(21)7-8-16(14)27-12(2)25/h3-10H,1-2H3/b17-10+. The van der Waals surface area contributed by atoms with Gasteiger partial charge in [-0.15, -0.1) is 5.10 Å². The fourth-order valence-electron chi connectivity index (χ4n) is 2.68. The number of carbonyl (C=O) groups is 1. The number of nitrogens with zero attached hydrogens (tertiary/aromatic N) is 3. The lowest BCUT2D eigenvalue weighted by molar-refractivity contribution is -0.131. The van der Waals surface area contributed by atoms with Crippen LogP contribution < -0.4 is 14.8 Å². The smallest absolute Gasteiger partial charge is 0.308 e. The quantitative estimate of drug-likeness (QED) is 0.349.